The van der Waals surface area contributed by atoms with Gasteiger partial charge in [-0.3, -0.25) is 19.8 Å². The van der Waals surface area contributed by atoms with Crippen LogP contribution in [0.1, 0.15) is 79.9 Å². The summed E-state index contributed by atoms with van der Waals surface area (Å²) in [6, 6.07) is 16.4. The van der Waals surface area contributed by atoms with Crippen LogP contribution < -0.4 is 10.2 Å². The SMILES string of the molecule is CC(C)CCCCCCCN1CCN(c2ccc(-c3ccc4c(c3)C(=O)N(C(C(=O)Nc3nccs3)c3cc(F)ccc3O)C4)cc2)CC1. The summed E-state index contributed by atoms with van der Waals surface area (Å²) in [6.07, 6.45) is 9.57. The minimum absolute atomic E-state index is 0.0133. The number of hydrogen-bond acceptors (Lipinski definition) is 7. The van der Waals surface area contributed by atoms with Crippen molar-refractivity contribution in [3.8, 4) is 16.9 Å². The number of amides is 2. The molecule has 2 N–H and O–H groups in total. The molecule has 1 fully saturated rings. The smallest absolute Gasteiger partial charge is 0.255 e. The number of anilines is 2. The number of rotatable bonds is 14. The Hall–Kier alpha value is -4.28. The normalized spacial score (nSPS) is 15.6. The fourth-order valence-electron chi connectivity index (χ4n) is 6.88. The van der Waals surface area contributed by atoms with Crippen LogP contribution in [0.3, 0.4) is 0 Å². The quantitative estimate of drug-likeness (QED) is 0.131. The fourth-order valence-corrected chi connectivity index (χ4v) is 7.41. The lowest BCUT2D eigenvalue weighted by Gasteiger charge is -2.36. The molecule has 258 valence electrons. The van der Waals surface area contributed by atoms with Crippen molar-refractivity contribution >= 4 is 34.0 Å². The molecule has 10 heteroatoms. The molecule has 2 aliphatic rings. The molecule has 3 aromatic carbocycles. The number of carbonyl (C=O) groups is 2. The predicted molar refractivity (Wildman–Crippen MR) is 194 cm³/mol. The number of nitrogens with zero attached hydrogens (tertiary/aromatic N) is 4. The zero-order valence-electron chi connectivity index (χ0n) is 28.4. The lowest BCUT2D eigenvalue weighted by atomic mass is 10.00. The van der Waals surface area contributed by atoms with E-state index in [1.165, 1.54) is 73.1 Å². The number of unbranched alkanes of at least 4 members (excludes halogenated alkanes) is 4. The minimum Gasteiger partial charge on any atom is -0.508 e. The van der Waals surface area contributed by atoms with Crippen LogP contribution in [0.5, 0.6) is 5.75 Å². The molecule has 0 radical (unpaired) electrons. The summed E-state index contributed by atoms with van der Waals surface area (Å²) in [7, 11) is 0. The van der Waals surface area contributed by atoms with Gasteiger partial charge in [-0.05, 0) is 72.0 Å². The summed E-state index contributed by atoms with van der Waals surface area (Å²) in [4.78, 5) is 38.0. The van der Waals surface area contributed by atoms with Crippen LogP contribution in [0, 0.1) is 11.7 Å². The van der Waals surface area contributed by atoms with Crippen molar-refractivity contribution in [2.24, 2.45) is 5.92 Å². The number of benzene rings is 3. The molecule has 1 aromatic heterocycles. The molecule has 0 aliphatic carbocycles. The first-order valence-corrected chi connectivity index (χ1v) is 18.3. The van der Waals surface area contributed by atoms with E-state index in [0.717, 1.165) is 60.9 Å². The van der Waals surface area contributed by atoms with Crippen LogP contribution in [0.15, 0.2) is 72.2 Å². The average molecular weight is 684 g/mol. The van der Waals surface area contributed by atoms with E-state index in [9.17, 15) is 19.1 Å². The summed E-state index contributed by atoms with van der Waals surface area (Å²) in [6.45, 7) is 10.1. The Bertz CT molecular complexity index is 1720. The molecule has 0 spiro atoms. The Morgan fingerprint density at radius 3 is 2.41 bits per heavy atom. The van der Waals surface area contributed by atoms with Gasteiger partial charge in [0.2, 0.25) is 0 Å². The highest BCUT2D eigenvalue weighted by Crippen LogP contribution is 2.38. The van der Waals surface area contributed by atoms with Gasteiger partial charge in [0.15, 0.2) is 5.13 Å². The second-order valence-electron chi connectivity index (χ2n) is 13.6. The van der Waals surface area contributed by atoms with Gasteiger partial charge in [-0.1, -0.05) is 70.2 Å². The van der Waals surface area contributed by atoms with Crippen LogP contribution in [0.2, 0.25) is 0 Å². The molecule has 0 bridgehead atoms. The number of fused-ring (bicyclic) bond motifs is 1. The molecule has 1 saturated heterocycles. The Kier molecular flexibility index (Phi) is 11.3. The Morgan fingerprint density at radius 1 is 0.939 bits per heavy atom. The number of thiazole rings is 1. The molecular formula is C39H46FN5O3S. The second kappa shape index (κ2) is 16.0. The van der Waals surface area contributed by atoms with Crippen LogP contribution in [0.25, 0.3) is 11.1 Å². The van der Waals surface area contributed by atoms with Gasteiger partial charge in [0.25, 0.3) is 11.8 Å². The number of aromatic hydroxyl groups is 1. The van der Waals surface area contributed by atoms with Crippen LogP contribution in [-0.2, 0) is 11.3 Å². The monoisotopic (exact) mass is 683 g/mol. The van der Waals surface area contributed by atoms with Gasteiger partial charge >= 0.3 is 0 Å². The third-order valence-corrected chi connectivity index (χ3v) is 10.3. The first-order valence-electron chi connectivity index (χ1n) is 17.5. The van der Waals surface area contributed by atoms with Gasteiger partial charge in [-0.15, -0.1) is 11.3 Å². The summed E-state index contributed by atoms with van der Waals surface area (Å²) < 4.78 is 14.3. The van der Waals surface area contributed by atoms with Crippen molar-refractivity contribution in [2.45, 2.75) is 65.0 Å². The first-order chi connectivity index (χ1) is 23.8. The highest BCUT2D eigenvalue weighted by atomic mass is 32.1. The number of piperazine rings is 1. The van der Waals surface area contributed by atoms with Gasteiger partial charge < -0.3 is 14.9 Å². The standard InChI is InChI=1S/C39H46FN5O3S/c1-27(2)8-6-4-3-5-7-18-43-19-21-44(22-20-43)32-14-11-28(12-15-32)29-9-10-30-26-45(38(48)33(30)24-29)36(34-25-31(40)13-16-35(34)46)37(47)42-39-41-17-23-49-39/h9-17,23-25,27,36,46H,3-8,18-22,26H2,1-2H3,(H,41,42,47). The second-order valence-corrected chi connectivity index (χ2v) is 14.5. The highest BCUT2D eigenvalue weighted by Gasteiger charge is 2.39. The van der Waals surface area contributed by atoms with E-state index in [1.807, 2.05) is 18.2 Å². The van der Waals surface area contributed by atoms with Gasteiger partial charge in [0.1, 0.15) is 17.6 Å². The van der Waals surface area contributed by atoms with E-state index in [2.05, 4.69) is 58.2 Å². The van der Waals surface area contributed by atoms with Gasteiger partial charge in [-0.2, -0.15) is 0 Å². The molecule has 4 aromatic rings. The highest BCUT2D eigenvalue weighted by molar-refractivity contribution is 7.13. The van der Waals surface area contributed by atoms with Crippen LogP contribution in [0.4, 0.5) is 15.2 Å². The Labute approximate surface area is 292 Å². The van der Waals surface area contributed by atoms with Gasteiger partial charge in [0, 0.05) is 61.1 Å². The van der Waals surface area contributed by atoms with E-state index in [0.29, 0.717) is 10.7 Å². The van der Waals surface area contributed by atoms with Crippen LogP contribution >= 0.6 is 11.3 Å². The third-order valence-electron chi connectivity index (χ3n) is 9.64. The molecular weight excluding hydrogens is 638 g/mol. The van der Waals surface area contributed by atoms with E-state index >= 15 is 0 Å². The zero-order valence-corrected chi connectivity index (χ0v) is 29.2. The van der Waals surface area contributed by atoms with E-state index < -0.39 is 17.8 Å². The molecule has 1 unspecified atom stereocenters. The van der Waals surface area contributed by atoms with Gasteiger partial charge in [0.05, 0.1) is 0 Å². The Balaban J connectivity index is 1.08. The first kappa shape index (κ1) is 34.6. The zero-order chi connectivity index (χ0) is 34.3. The maximum atomic E-state index is 14.3. The van der Waals surface area contributed by atoms with Crippen molar-refractivity contribution < 1.29 is 19.1 Å². The van der Waals surface area contributed by atoms with Crippen LogP contribution in [-0.4, -0.2) is 64.4 Å². The summed E-state index contributed by atoms with van der Waals surface area (Å²) in [5.74, 6) is -1.02. The maximum Gasteiger partial charge on any atom is 0.255 e. The Morgan fingerprint density at radius 2 is 1.67 bits per heavy atom. The third kappa shape index (κ3) is 8.48. The van der Waals surface area contributed by atoms with Gasteiger partial charge in [-0.25, -0.2) is 9.37 Å². The van der Waals surface area contributed by atoms with Crippen molar-refractivity contribution in [1.29, 1.82) is 0 Å². The van der Waals surface area contributed by atoms with Crippen molar-refractivity contribution in [3.05, 3.63) is 94.7 Å². The molecule has 2 aliphatic heterocycles. The number of halogens is 1. The summed E-state index contributed by atoms with van der Waals surface area (Å²) in [5, 5.41) is 15.4. The lowest BCUT2D eigenvalue weighted by Crippen LogP contribution is -2.46. The predicted octanol–water partition coefficient (Wildman–Crippen LogP) is 8.11. The van der Waals surface area contributed by atoms with Crippen molar-refractivity contribution in [3.63, 3.8) is 0 Å². The number of aromatic nitrogens is 1. The molecule has 49 heavy (non-hydrogen) atoms. The largest absolute Gasteiger partial charge is 0.508 e. The molecule has 0 saturated carbocycles. The van der Waals surface area contributed by atoms with E-state index in [1.54, 1.807) is 11.6 Å². The van der Waals surface area contributed by atoms with E-state index in [4.69, 9.17) is 0 Å². The van der Waals surface area contributed by atoms with Crippen molar-refractivity contribution in [1.82, 2.24) is 14.8 Å². The molecule has 6 rings (SSSR count). The van der Waals surface area contributed by atoms with E-state index in [-0.39, 0.29) is 23.8 Å². The molecule has 2 amide bonds. The minimum atomic E-state index is -1.26. The molecule has 1 atom stereocenters. The lowest BCUT2D eigenvalue weighted by molar-refractivity contribution is -0.120. The fraction of sp³-hybridized carbons (Fsp3) is 0.410. The molecule has 8 nitrogen and oxygen atoms in total. The number of phenols is 1. The number of carbonyl (C=O) groups excluding carboxylic acids is 2. The number of hydrogen-bond donors (Lipinski definition) is 2. The molecule has 3 heterocycles. The number of nitrogens with one attached hydrogen (secondary N) is 1. The average Bonchev–Trinajstić information content (AvgIpc) is 3.73. The van der Waals surface area contributed by atoms with Crippen molar-refractivity contribution in [2.75, 3.05) is 42.9 Å². The number of phenolic OH excluding ortho intramolecular Hbond substituents is 1. The topological polar surface area (TPSA) is 89.0 Å². The summed E-state index contributed by atoms with van der Waals surface area (Å²) >= 11 is 1.23. The summed E-state index contributed by atoms with van der Waals surface area (Å²) in [5.41, 5.74) is 4.34. The maximum absolute atomic E-state index is 14.3.